The number of nitrogens with zero attached hydrogens (tertiary/aromatic N) is 3. The first-order chi connectivity index (χ1) is 11.5. The molecule has 1 aromatic carbocycles. The highest BCUT2D eigenvalue weighted by Gasteiger charge is 2.11. The lowest BCUT2D eigenvalue weighted by Crippen LogP contribution is -2.10. The van der Waals surface area contributed by atoms with Crippen LogP contribution in [0.25, 0.3) is 6.08 Å². The van der Waals surface area contributed by atoms with Gasteiger partial charge in [-0.25, -0.2) is 0 Å². The van der Waals surface area contributed by atoms with E-state index in [0.717, 1.165) is 11.1 Å². The second-order valence-corrected chi connectivity index (χ2v) is 5.09. The molecule has 24 heavy (non-hydrogen) atoms. The Morgan fingerprint density at radius 1 is 1.25 bits per heavy atom. The fraction of sp³-hybridized carbons (Fsp3) is 0.389. The van der Waals surface area contributed by atoms with Gasteiger partial charge in [-0.05, 0) is 25.5 Å². The second kappa shape index (κ2) is 10.3. The van der Waals surface area contributed by atoms with Gasteiger partial charge in [0.25, 0.3) is 5.91 Å². The maximum absolute atomic E-state index is 11.9. The van der Waals surface area contributed by atoms with Crippen LogP contribution in [0.1, 0.15) is 31.3 Å². The molecule has 1 amide bonds. The van der Waals surface area contributed by atoms with Gasteiger partial charge in [-0.2, -0.15) is 10.3 Å². The van der Waals surface area contributed by atoms with E-state index in [0.29, 0.717) is 13.2 Å². The number of benzene rings is 1. The van der Waals surface area contributed by atoms with E-state index < -0.39 is 12.2 Å². The number of amides is 1. The van der Waals surface area contributed by atoms with Gasteiger partial charge in [0.1, 0.15) is 11.6 Å². The van der Waals surface area contributed by atoms with Crippen molar-refractivity contribution in [2.24, 2.45) is 4.99 Å². The summed E-state index contributed by atoms with van der Waals surface area (Å²) >= 11 is 0. The third kappa shape index (κ3) is 6.32. The van der Waals surface area contributed by atoms with Crippen LogP contribution in [0, 0.1) is 11.3 Å². The highest BCUT2D eigenvalue weighted by molar-refractivity contribution is 6.04. The van der Waals surface area contributed by atoms with Crippen LogP contribution in [0.2, 0.25) is 0 Å². The molecule has 1 aromatic rings. The van der Waals surface area contributed by atoms with Gasteiger partial charge in [0.15, 0.2) is 6.29 Å². The lowest BCUT2D eigenvalue weighted by Gasteiger charge is -2.17. The van der Waals surface area contributed by atoms with E-state index in [1.807, 2.05) is 32.0 Å². The summed E-state index contributed by atoms with van der Waals surface area (Å²) in [5.74, 6) is -0.572. The average Bonchev–Trinajstić information content (AvgIpc) is 2.58. The number of hydrogen-bond donors (Lipinski definition) is 0. The lowest BCUT2D eigenvalue weighted by molar-refractivity contribution is -0.140. The molecule has 6 nitrogen and oxygen atoms in total. The summed E-state index contributed by atoms with van der Waals surface area (Å²) in [4.78, 5) is 17.2. The summed E-state index contributed by atoms with van der Waals surface area (Å²) in [5.41, 5.74) is 1.59. The molecule has 128 valence electrons. The number of aliphatic imine (C=N–C) groups is 1. The predicted octanol–water partition coefficient (Wildman–Crippen LogP) is 2.78. The van der Waals surface area contributed by atoms with Crippen molar-refractivity contribution in [3.8, 4) is 6.07 Å². The van der Waals surface area contributed by atoms with Gasteiger partial charge in [-0.3, -0.25) is 4.79 Å². The van der Waals surface area contributed by atoms with E-state index in [1.54, 1.807) is 31.1 Å². The first-order valence-corrected chi connectivity index (χ1v) is 7.71. The summed E-state index contributed by atoms with van der Waals surface area (Å²) in [6.07, 6.45) is 2.46. The molecular weight excluding hydrogens is 306 g/mol. The zero-order valence-electron chi connectivity index (χ0n) is 14.5. The third-order valence-electron chi connectivity index (χ3n) is 2.91. The van der Waals surface area contributed by atoms with Gasteiger partial charge in [0, 0.05) is 32.9 Å². The summed E-state index contributed by atoms with van der Waals surface area (Å²) in [7, 11) is 3.50. The molecule has 1 rings (SSSR count). The number of hydrogen-bond acceptors (Lipinski definition) is 4. The van der Waals surface area contributed by atoms with Crippen molar-refractivity contribution >= 4 is 18.3 Å². The SMILES string of the molecule is CCOC(OCC)c1ccc(C=C(C#N)C(=O)N=CN(C)C)cc1. The average molecular weight is 329 g/mol. The van der Waals surface area contributed by atoms with Gasteiger partial charge in [0.2, 0.25) is 0 Å². The molecule has 0 aliphatic rings. The Balaban J connectivity index is 2.94. The molecule has 0 unspecified atom stereocenters. The van der Waals surface area contributed by atoms with Crippen molar-refractivity contribution in [1.82, 2.24) is 4.90 Å². The van der Waals surface area contributed by atoms with Crippen LogP contribution in [0.3, 0.4) is 0 Å². The molecule has 0 atom stereocenters. The second-order valence-electron chi connectivity index (χ2n) is 5.09. The van der Waals surface area contributed by atoms with Gasteiger partial charge >= 0.3 is 0 Å². The Hall–Kier alpha value is -2.49. The van der Waals surface area contributed by atoms with E-state index >= 15 is 0 Å². The Kier molecular flexibility index (Phi) is 8.41. The summed E-state index contributed by atoms with van der Waals surface area (Å²) in [5, 5.41) is 9.14. The normalized spacial score (nSPS) is 11.8. The predicted molar refractivity (Wildman–Crippen MR) is 93.2 cm³/mol. The molecular formula is C18H23N3O3. The Morgan fingerprint density at radius 3 is 2.29 bits per heavy atom. The fourth-order valence-electron chi connectivity index (χ4n) is 1.84. The molecule has 0 bridgehead atoms. The van der Waals surface area contributed by atoms with Gasteiger partial charge in [-0.1, -0.05) is 24.3 Å². The third-order valence-corrected chi connectivity index (χ3v) is 2.91. The zero-order chi connectivity index (χ0) is 17.9. The lowest BCUT2D eigenvalue weighted by atomic mass is 10.1. The Labute approximate surface area is 143 Å². The van der Waals surface area contributed by atoms with Gasteiger partial charge in [-0.15, -0.1) is 0 Å². The monoisotopic (exact) mass is 329 g/mol. The molecule has 0 saturated carbocycles. The highest BCUT2D eigenvalue weighted by atomic mass is 16.7. The van der Waals surface area contributed by atoms with Gasteiger partial charge < -0.3 is 14.4 Å². The standard InChI is InChI=1S/C18H23N3O3/c1-5-23-18(24-6-2)15-9-7-14(8-10-15)11-16(12-19)17(22)20-13-21(3)4/h7-11,13,18H,5-6H2,1-4H3. The molecule has 0 saturated heterocycles. The van der Waals surface area contributed by atoms with Crippen LogP contribution < -0.4 is 0 Å². The van der Waals surface area contributed by atoms with E-state index in [-0.39, 0.29) is 5.57 Å². The highest BCUT2D eigenvalue weighted by Crippen LogP contribution is 2.20. The molecule has 6 heteroatoms. The molecule has 0 fully saturated rings. The number of nitriles is 1. The van der Waals surface area contributed by atoms with Crippen molar-refractivity contribution < 1.29 is 14.3 Å². The van der Waals surface area contributed by atoms with Crippen LogP contribution >= 0.6 is 0 Å². The molecule has 0 aliphatic carbocycles. The van der Waals surface area contributed by atoms with E-state index in [4.69, 9.17) is 14.7 Å². The number of rotatable bonds is 8. The van der Waals surface area contributed by atoms with Crippen LogP contribution in [0.15, 0.2) is 34.8 Å². The number of carbonyl (C=O) groups is 1. The number of carbonyl (C=O) groups excluding carboxylic acids is 1. The molecule has 0 spiro atoms. The number of ether oxygens (including phenoxy) is 2. The van der Waals surface area contributed by atoms with Crippen LogP contribution in [-0.2, 0) is 14.3 Å². The zero-order valence-corrected chi connectivity index (χ0v) is 14.5. The molecule has 0 N–H and O–H groups in total. The topological polar surface area (TPSA) is 74.9 Å². The van der Waals surface area contributed by atoms with E-state index in [1.165, 1.54) is 12.4 Å². The molecule has 0 aromatic heterocycles. The minimum atomic E-state index is -0.572. The maximum atomic E-state index is 11.9. The quantitative estimate of drug-likeness (QED) is 0.241. The molecule has 0 radical (unpaired) electrons. The van der Waals surface area contributed by atoms with Crippen molar-refractivity contribution in [2.75, 3.05) is 27.3 Å². The minimum Gasteiger partial charge on any atom is -0.369 e. The van der Waals surface area contributed by atoms with Crippen LogP contribution in [0.4, 0.5) is 0 Å². The Morgan fingerprint density at radius 2 is 1.83 bits per heavy atom. The van der Waals surface area contributed by atoms with Crippen molar-refractivity contribution in [2.45, 2.75) is 20.1 Å². The minimum absolute atomic E-state index is 0.0213. The maximum Gasteiger partial charge on any atom is 0.289 e. The summed E-state index contributed by atoms with van der Waals surface area (Å²) in [6, 6.07) is 9.20. The van der Waals surface area contributed by atoms with Crippen LogP contribution in [-0.4, -0.2) is 44.5 Å². The Bertz CT molecular complexity index is 622. The van der Waals surface area contributed by atoms with Crippen molar-refractivity contribution in [3.05, 3.63) is 41.0 Å². The summed E-state index contributed by atoms with van der Waals surface area (Å²) < 4.78 is 11.1. The largest absolute Gasteiger partial charge is 0.369 e. The fourth-order valence-corrected chi connectivity index (χ4v) is 1.84. The van der Waals surface area contributed by atoms with Crippen molar-refractivity contribution in [1.29, 1.82) is 5.26 Å². The van der Waals surface area contributed by atoms with Crippen LogP contribution in [0.5, 0.6) is 0 Å². The van der Waals surface area contributed by atoms with E-state index in [9.17, 15) is 4.79 Å². The van der Waals surface area contributed by atoms with Crippen molar-refractivity contribution in [3.63, 3.8) is 0 Å². The molecule has 0 aliphatic heterocycles. The van der Waals surface area contributed by atoms with Gasteiger partial charge in [0.05, 0.1) is 6.34 Å². The smallest absolute Gasteiger partial charge is 0.289 e. The molecule has 0 heterocycles. The van der Waals surface area contributed by atoms with E-state index in [2.05, 4.69) is 4.99 Å². The summed E-state index contributed by atoms with van der Waals surface area (Å²) in [6.45, 7) is 4.90. The first kappa shape index (κ1) is 19.6. The first-order valence-electron chi connectivity index (χ1n) is 7.71.